The molecule has 0 radical (unpaired) electrons. The van der Waals surface area contributed by atoms with Crippen LogP contribution < -0.4 is 0 Å². The second-order valence-electron chi connectivity index (χ2n) is 19.9. The van der Waals surface area contributed by atoms with Crippen LogP contribution in [-0.4, -0.2) is 19.5 Å². The lowest BCUT2D eigenvalue weighted by atomic mass is 9.48. The molecule has 6 saturated carbocycles. The number of aromatic nitrogens is 4. The Morgan fingerprint density at radius 2 is 1.05 bits per heavy atom. The summed E-state index contributed by atoms with van der Waals surface area (Å²) in [7, 11) is 0. The van der Waals surface area contributed by atoms with Crippen LogP contribution in [0.3, 0.4) is 0 Å². The molecule has 5 heteroatoms. The van der Waals surface area contributed by atoms with Gasteiger partial charge in [0.05, 0.1) is 11.0 Å². The van der Waals surface area contributed by atoms with Crippen LogP contribution in [0.4, 0.5) is 0 Å². The normalized spacial score (nSPS) is 32.7. The first kappa shape index (κ1) is 34.7. The van der Waals surface area contributed by atoms with Crippen LogP contribution in [0.1, 0.15) is 82.8 Å². The van der Waals surface area contributed by atoms with Gasteiger partial charge in [-0.15, -0.1) is 0 Å². The Labute approximate surface area is 347 Å². The van der Waals surface area contributed by atoms with E-state index >= 15 is 0 Å². The van der Waals surface area contributed by atoms with Crippen molar-refractivity contribution in [1.29, 1.82) is 0 Å². The lowest BCUT2D eigenvalue weighted by molar-refractivity contribution is -0.290. The van der Waals surface area contributed by atoms with Crippen LogP contribution in [0.5, 0.6) is 0 Å². The summed E-state index contributed by atoms with van der Waals surface area (Å²) >= 11 is 0. The Balaban J connectivity index is 0.967. The van der Waals surface area contributed by atoms with Gasteiger partial charge in [0, 0.05) is 21.9 Å². The number of nitrogens with zero attached hydrogens (tertiary/aromatic N) is 4. The molecule has 5 unspecified atom stereocenters. The summed E-state index contributed by atoms with van der Waals surface area (Å²) in [4.78, 5) is 15.7. The van der Waals surface area contributed by atoms with Gasteiger partial charge in [-0.05, 0) is 152 Å². The minimum absolute atomic E-state index is 0.159. The molecule has 1 aliphatic heterocycles. The van der Waals surface area contributed by atoms with Crippen molar-refractivity contribution >= 4 is 21.8 Å². The minimum atomic E-state index is -0.168. The van der Waals surface area contributed by atoms with E-state index < -0.39 is 0 Å². The topological polar surface area (TPSA) is 52.8 Å². The molecule has 294 valence electrons. The zero-order valence-corrected chi connectivity index (χ0v) is 34.2. The van der Waals surface area contributed by atoms with Gasteiger partial charge in [0.1, 0.15) is 11.2 Å². The summed E-state index contributed by atoms with van der Waals surface area (Å²) in [6.45, 7) is 5.06. The molecule has 7 aliphatic rings. The molecule has 0 amide bonds. The van der Waals surface area contributed by atoms with Gasteiger partial charge in [-0.2, -0.15) is 9.97 Å². The minimum Gasteiger partial charge on any atom is -0.358 e. The first-order valence-electron chi connectivity index (χ1n) is 22.7. The Bertz CT molecular complexity index is 2720. The van der Waals surface area contributed by atoms with Gasteiger partial charge in [0.15, 0.2) is 11.6 Å². The van der Waals surface area contributed by atoms with Gasteiger partial charge in [0.2, 0.25) is 5.95 Å². The maximum absolute atomic E-state index is 8.19. The molecule has 59 heavy (non-hydrogen) atoms. The predicted molar refractivity (Wildman–Crippen MR) is 236 cm³/mol. The summed E-state index contributed by atoms with van der Waals surface area (Å²) < 4.78 is 10.4. The van der Waals surface area contributed by atoms with E-state index in [1.54, 1.807) is 11.1 Å². The summed E-state index contributed by atoms with van der Waals surface area (Å²) in [5, 5.41) is 2.38. The SMILES string of the molecule is CC1CC2CC(C)C3(OC4(c5cc(-c6cccc(-c7nc(-c8ccccc8)nc(-n8c9ccccc9c9ccccc98)n7)c6)ccc53)C3CC5CC(C3)CC4C5)C(C1)C2. The molecule has 5 nitrogen and oxygen atoms in total. The lowest BCUT2D eigenvalue weighted by Gasteiger charge is -2.62. The average molecular weight is 773 g/mol. The Hall–Kier alpha value is -5.13. The number of rotatable bonds is 4. The molecule has 6 fully saturated rings. The van der Waals surface area contributed by atoms with E-state index in [-0.39, 0.29) is 11.2 Å². The van der Waals surface area contributed by atoms with Crippen molar-refractivity contribution in [2.24, 2.45) is 47.3 Å². The molecule has 6 bridgehead atoms. The van der Waals surface area contributed by atoms with Gasteiger partial charge in [0.25, 0.3) is 0 Å². The first-order chi connectivity index (χ1) is 28.9. The number of hydrogen-bond donors (Lipinski definition) is 0. The fourth-order valence-electron chi connectivity index (χ4n) is 14.6. The second kappa shape index (κ2) is 12.7. The standard InChI is InChI=1S/C54H52N4O/c1-32-21-34-23-33(2)53(41(22-32)25-34)46-20-19-39(31-47(46)54(59-53)42-26-35-24-36(28-42)29-43(54)27-35)38-13-10-14-40(30-38)51-55-50(37-11-4-3-5-12-37)56-52(57-51)58-48-17-8-6-15-44(48)45-16-7-9-18-49(45)58/h3-20,30-36,41-43H,21-29H2,1-2H3. The predicted octanol–water partition coefficient (Wildman–Crippen LogP) is 12.9. The number of para-hydroxylation sites is 2. The van der Waals surface area contributed by atoms with E-state index in [0.717, 1.165) is 45.8 Å². The van der Waals surface area contributed by atoms with Crippen LogP contribution >= 0.6 is 0 Å². The highest BCUT2D eigenvalue weighted by Gasteiger charge is 2.69. The van der Waals surface area contributed by atoms with Gasteiger partial charge in [-0.25, -0.2) is 4.98 Å². The van der Waals surface area contributed by atoms with Crippen molar-refractivity contribution in [3.05, 3.63) is 132 Å². The van der Waals surface area contributed by atoms with Gasteiger partial charge in [-0.3, -0.25) is 4.57 Å². The molecule has 2 spiro atoms. The first-order valence-corrected chi connectivity index (χ1v) is 22.7. The van der Waals surface area contributed by atoms with Crippen molar-refractivity contribution in [3.63, 3.8) is 0 Å². The number of fused-ring (bicyclic) bond motifs is 8. The van der Waals surface area contributed by atoms with Crippen molar-refractivity contribution in [2.75, 3.05) is 0 Å². The quantitative estimate of drug-likeness (QED) is 0.179. The molecule has 0 N–H and O–H groups in total. The van der Waals surface area contributed by atoms with E-state index in [1.165, 1.54) is 79.7 Å². The summed E-state index contributed by atoms with van der Waals surface area (Å²) in [6, 6.07) is 44.0. The summed E-state index contributed by atoms with van der Waals surface area (Å²) in [6.07, 6.45) is 12.2. The number of ether oxygens (including phenoxy) is 1. The smallest absolute Gasteiger partial charge is 0.238 e. The zero-order chi connectivity index (χ0) is 39.0. The molecular weight excluding hydrogens is 721 g/mol. The molecule has 3 heterocycles. The maximum Gasteiger partial charge on any atom is 0.238 e. The van der Waals surface area contributed by atoms with E-state index in [2.05, 4.69) is 134 Å². The van der Waals surface area contributed by atoms with E-state index in [1.807, 2.05) is 6.07 Å². The maximum atomic E-state index is 8.19. The second-order valence-corrected chi connectivity index (χ2v) is 19.9. The third-order valence-corrected chi connectivity index (χ3v) is 16.5. The van der Waals surface area contributed by atoms with Crippen LogP contribution in [0.25, 0.3) is 61.7 Å². The van der Waals surface area contributed by atoms with E-state index in [4.69, 9.17) is 19.7 Å². The molecule has 6 aliphatic carbocycles. The van der Waals surface area contributed by atoms with Gasteiger partial charge < -0.3 is 4.74 Å². The van der Waals surface area contributed by atoms with Crippen molar-refractivity contribution in [3.8, 4) is 39.9 Å². The number of hydrogen-bond acceptors (Lipinski definition) is 4. The van der Waals surface area contributed by atoms with Crippen LogP contribution in [0.2, 0.25) is 0 Å². The third kappa shape index (κ3) is 4.97. The van der Waals surface area contributed by atoms with Crippen molar-refractivity contribution < 1.29 is 4.74 Å². The molecule has 0 saturated heterocycles. The van der Waals surface area contributed by atoms with Crippen molar-refractivity contribution in [1.82, 2.24) is 19.5 Å². The van der Waals surface area contributed by atoms with Crippen LogP contribution in [0.15, 0.2) is 121 Å². The Kier molecular flexibility index (Phi) is 7.47. The summed E-state index contributed by atoms with van der Waals surface area (Å²) in [5.74, 6) is 7.79. The largest absolute Gasteiger partial charge is 0.358 e. The Morgan fingerprint density at radius 3 is 1.76 bits per heavy atom. The van der Waals surface area contributed by atoms with E-state index in [9.17, 15) is 0 Å². The highest BCUT2D eigenvalue weighted by Crippen LogP contribution is 2.72. The molecule has 5 aromatic carbocycles. The Morgan fingerprint density at radius 1 is 0.475 bits per heavy atom. The lowest BCUT2D eigenvalue weighted by Crippen LogP contribution is -2.58. The van der Waals surface area contributed by atoms with E-state index in [0.29, 0.717) is 41.3 Å². The van der Waals surface area contributed by atoms with Crippen LogP contribution in [0, 0.1) is 47.3 Å². The fraction of sp³-hybridized carbons (Fsp3) is 0.389. The van der Waals surface area contributed by atoms with Gasteiger partial charge >= 0.3 is 0 Å². The van der Waals surface area contributed by atoms with Crippen LogP contribution in [-0.2, 0) is 15.9 Å². The molecular formula is C54H52N4O. The number of benzene rings is 5. The molecule has 5 atom stereocenters. The molecule has 2 aromatic heterocycles. The highest BCUT2D eigenvalue weighted by atomic mass is 16.5. The van der Waals surface area contributed by atoms with Gasteiger partial charge in [-0.1, -0.05) is 111 Å². The summed E-state index contributed by atoms with van der Waals surface area (Å²) in [5.41, 5.74) is 9.39. The molecule has 14 rings (SSSR count). The highest BCUT2D eigenvalue weighted by molar-refractivity contribution is 6.09. The van der Waals surface area contributed by atoms with Crippen molar-refractivity contribution in [2.45, 2.75) is 82.8 Å². The molecule has 7 aromatic rings. The fourth-order valence-corrected chi connectivity index (χ4v) is 14.6. The third-order valence-electron chi connectivity index (χ3n) is 16.5. The average Bonchev–Trinajstić information content (AvgIpc) is 3.77. The monoisotopic (exact) mass is 772 g/mol. The zero-order valence-electron chi connectivity index (χ0n) is 34.2.